The van der Waals surface area contributed by atoms with Crippen LogP contribution in [0.4, 0.5) is 0 Å². The number of phenols is 1. The van der Waals surface area contributed by atoms with E-state index >= 15 is 0 Å². The number of aryl methyl sites for hydroxylation is 1. The molecule has 1 aromatic rings. The second kappa shape index (κ2) is 6.29. The van der Waals surface area contributed by atoms with Crippen LogP contribution < -0.4 is 5.32 Å². The van der Waals surface area contributed by atoms with Gasteiger partial charge in [0, 0.05) is 17.5 Å². The normalized spacial score (nSPS) is 23.1. The van der Waals surface area contributed by atoms with Gasteiger partial charge in [0.1, 0.15) is 5.75 Å². The standard InChI is InChI=1S/C15H20ClNO2/c1-10-8-11(6-7-14(10)18)15(19)17-9-12-4-2-3-5-13(12)16/h6-8,12-13,18H,2-5,9H2,1H3,(H,17,19). The van der Waals surface area contributed by atoms with E-state index < -0.39 is 0 Å². The largest absolute Gasteiger partial charge is 0.508 e. The Hall–Kier alpha value is -1.22. The first-order valence-corrected chi connectivity index (χ1v) is 7.23. The van der Waals surface area contributed by atoms with Crippen molar-refractivity contribution >= 4 is 17.5 Å². The average Bonchev–Trinajstić information content (AvgIpc) is 2.40. The molecule has 1 fully saturated rings. The van der Waals surface area contributed by atoms with Crippen LogP contribution in [-0.2, 0) is 0 Å². The van der Waals surface area contributed by atoms with E-state index in [4.69, 9.17) is 11.6 Å². The van der Waals surface area contributed by atoms with Crippen LogP contribution in [0.1, 0.15) is 41.6 Å². The highest BCUT2D eigenvalue weighted by Crippen LogP contribution is 2.28. The van der Waals surface area contributed by atoms with Gasteiger partial charge in [0.25, 0.3) is 5.91 Å². The molecule has 0 bridgehead atoms. The minimum atomic E-state index is -0.0995. The van der Waals surface area contributed by atoms with Crippen molar-refractivity contribution in [2.75, 3.05) is 6.54 Å². The summed E-state index contributed by atoms with van der Waals surface area (Å²) in [6.07, 6.45) is 4.52. The van der Waals surface area contributed by atoms with Gasteiger partial charge in [-0.25, -0.2) is 0 Å². The third-order valence-electron chi connectivity index (χ3n) is 3.80. The number of carbonyl (C=O) groups is 1. The van der Waals surface area contributed by atoms with Gasteiger partial charge >= 0.3 is 0 Å². The van der Waals surface area contributed by atoms with Crippen LogP contribution in [0.5, 0.6) is 5.75 Å². The van der Waals surface area contributed by atoms with Gasteiger partial charge < -0.3 is 10.4 Å². The van der Waals surface area contributed by atoms with Crippen LogP contribution in [0.3, 0.4) is 0 Å². The summed E-state index contributed by atoms with van der Waals surface area (Å²) in [6, 6.07) is 4.88. The molecule has 0 saturated heterocycles. The Morgan fingerprint density at radius 3 is 2.84 bits per heavy atom. The zero-order chi connectivity index (χ0) is 13.8. The third-order valence-corrected chi connectivity index (χ3v) is 4.37. The second-order valence-corrected chi connectivity index (χ2v) is 5.83. The number of alkyl halides is 1. The lowest BCUT2D eigenvalue weighted by Gasteiger charge is -2.27. The SMILES string of the molecule is Cc1cc(C(=O)NCC2CCCCC2Cl)ccc1O. The van der Waals surface area contributed by atoms with Crippen LogP contribution in [0.25, 0.3) is 0 Å². The molecule has 2 rings (SSSR count). The molecular formula is C15H20ClNO2. The first kappa shape index (κ1) is 14.2. The van der Waals surface area contributed by atoms with Crippen molar-refractivity contribution in [2.45, 2.75) is 38.0 Å². The molecule has 1 amide bonds. The number of rotatable bonds is 3. The van der Waals surface area contributed by atoms with Crippen LogP contribution in [0.2, 0.25) is 0 Å². The summed E-state index contributed by atoms with van der Waals surface area (Å²) in [6.45, 7) is 2.41. The topological polar surface area (TPSA) is 49.3 Å². The van der Waals surface area contributed by atoms with Crippen molar-refractivity contribution in [3.05, 3.63) is 29.3 Å². The predicted molar refractivity (Wildman–Crippen MR) is 76.8 cm³/mol. The minimum absolute atomic E-state index is 0.0995. The van der Waals surface area contributed by atoms with Crippen LogP contribution in [0, 0.1) is 12.8 Å². The summed E-state index contributed by atoms with van der Waals surface area (Å²) in [5.41, 5.74) is 1.29. The van der Waals surface area contributed by atoms with Crippen molar-refractivity contribution in [2.24, 2.45) is 5.92 Å². The fraction of sp³-hybridized carbons (Fsp3) is 0.533. The van der Waals surface area contributed by atoms with E-state index in [-0.39, 0.29) is 17.0 Å². The molecule has 2 unspecified atom stereocenters. The van der Waals surface area contributed by atoms with Gasteiger partial charge in [-0.3, -0.25) is 4.79 Å². The molecule has 0 aliphatic heterocycles. The van der Waals surface area contributed by atoms with Gasteiger partial charge in [-0.1, -0.05) is 12.8 Å². The Bertz CT molecular complexity index is 461. The summed E-state index contributed by atoms with van der Waals surface area (Å²) in [5, 5.41) is 12.6. The molecule has 1 saturated carbocycles. The number of halogens is 1. The fourth-order valence-corrected chi connectivity index (χ4v) is 2.88. The Balaban J connectivity index is 1.91. The third kappa shape index (κ3) is 3.63. The van der Waals surface area contributed by atoms with Crippen LogP contribution >= 0.6 is 11.6 Å². The summed E-state index contributed by atoms with van der Waals surface area (Å²) in [7, 11) is 0. The van der Waals surface area contributed by atoms with Crippen molar-refractivity contribution in [3.8, 4) is 5.75 Å². The molecule has 1 aromatic carbocycles. The highest BCUT2D eigenvalue weighted by molar-refractivity contribution is 6.20. The molecule has 1 aliphatic carbocycles. The molecule has 0 aromatic heterocycles. The highest BCUT2D eigenvalue weighted by Gasteiger charge is 2.23. The van der Waals surface area contributed by atoms with E-state index in [1.54, 1.807) is 25.1 Å². The minimum Gasteiger partial charge on any atom is -0.508 e. The van der Waals surface area contributed by atoms with Gasteiger partial charge in [-0.05, 0) is 49.4 Å². The van der Waals surface area contributed by atoms with E-state index in [1.165, 1.54) is 12.8 Å². The van der Waals surface area contributed by atoms with Crippen molar-refractivity contribution < 1.29 is 9.90 Å². The molecule has 104 valence electrons. The molecule has 0 radical (unpaired) electrons. The predicted octanol–water partition coefficient (Wildman–Crippen LogP) is 3.23. The van der Waals surface area contributed by atoms with Crippen LogP contribution in [0.15, 0.2) is 18.2 Å². The molecule has 1 aliphatic rings. The first-order chi connectivity index (χ1) is 9.08. The number of benzene rings is 1. The molecule has 19 heavy (non-hydrogen) atoms. The summed E-state index contributed by atoms with van der Waals surface area (Å²) < 4.78 is 0. The summed E-state index contributed by atoms with van der Waals surface area (Å²) in [5.74, 6) is 0.486. The molecule has 4 heteroatoms. The van der Waals surface area contributed by atoms with Gasteiger partial charge in [0.15, 0.2) is 0 Å². The van der Waals surface area contributed by atoms with Crippen molar-refractivity contribution in [3.63, 3.8) is 0 Å². The number of hydrogen-bond acceptors (Lipinski definition) is 2. The molecule has 0 heterocycles. The zero-order valence-electron chi connectivity index (χ0n) is 11.2. The Kier molecular flexibility index (Phi) is 4.70. The summed E-state index contributed by atoms with van der Waals surface area (Å²) in [4.78, 5) is 12.0. The molecule has 2 atom stereocenters. The Labute approximate surface area is 119 Å². The zero-order valence-corrected chi connectivity index (χ0v) is 11.9. The molecule has 2 N–H and O–H groups in total. The van der Waals surface area contributed by atoms with E-state index in [2.05, 4.69) is 5.32 Å². The lowest BCUT2D eigenvalue weighted by molar-refractivity contribution is 0.0944. The molecule has 0 spiro atoms. The maximum Gasteiger partial charge on any atom is 0.251 e. The maximum atomic E-state index is 12.0. The number of hydrogen-bond donors (Lipinski definition) is 2. The smallest absolute Gasteiger partial charge is 0.251 e. The van der Waals surface area contributed by atoms with Gasteiger partial charge in [0.2, 0.25) is 0 Å². The van der Waals surface area contributed by atoms with E-state index in [0.29, 0.717) is 23.6 Å². The quantitative estimate of drug-likeness (QED) is 0.836. The van der Waals surface area contributed by atoms with Crippen molar-refractivity contribution in [1.29, 1.82) is 0 Å². The fourth-order valence-electron chi connectivity index (χ4n) is 2.51. The van der Waals surface area contributed by atoms with E-state index in [1.807, 2.05) is 0 Å². The number of amides is 1. The van der Waals surface area contributed by atoms with Crippen LogP contribution in [-0.4, -0.2) is 22.9 Å². The summed E-state index contributed by atoms with van der Waals surface area (Å²) >= 11 is 6.27. The Morgan fingerprint density at radius 2 is 2.16 bits per heavy atom. The number of nitrogens with one attached hydrogen (secondary N) is 1. The Morgan fingerprint density at radius 1 is 1.42 bits per heavy atom. The monoisotopic (exact) mass is 281 g/mol. The number of phenolic OH excluding ortho intramolecular Hbond substituents is 1. The average molecular weight is 282 g/mol. The molecular weight excluding hydrogens is 262 g/mol. The van der Waals surface area contributed by atoms with E-state index in [0.717, 1.165) is 12.8 Å². The number of carbonyl (C=O) groups excluding carboxylic acids is 1. The highest BCUT2D eigenvalue weighted by atomic mass is 35.5. The first-order valence-electron chi connectivity index (χ1n) is 6.80. The van der Waals surface area contributed by atoms with E-state index in [9.17, 15) is 9.90 Å². The molecule has 3 nitrogen and oxygen atoms in total. The van der Waals surface area contributed by atoms with Gasteiger partial charge in [-0.15, -0.1) is 11.6 Å². The lowest BCUT2D eigenvalue weighted by Crippen LogP contribution is -2.34. The van der Waals surface area contributed by atoms with Gasteiger partial charge in [-0.2, -0.15) is 0 Å². The van der Waals surface area contributed by atoms with Gasteiger partial charge in [0.05, 0.1) is 0 Å². The van der Waals surface area contributed by atoms with Crippen molar-refractivity contribution in [1.82, 2.24) is 5.32 Å². The number of aromatic hydroxyl groups is 1. The maximum absolute atomic E-state index is 12.0. The lowest BCUT2D eigenvalue weighted by atomic mass is 9.88. The second-order valence-electron chi connectivity index (χ2n) is 5.27.